The molecule has 0 aliphatic carbocycles. The number of carbonyl (C=O) groups is 4. The van der Waals surface area contributed by atoms with Crippen molar-refractivity contribution < 1.29 is 84.3 Å². The van der Waals surface area contributed by atoms with Crippen molar-refractivity contribution in [3.05, 3.63) is 233 Å². The maximum Gasteiger partial charge on any atom is 0.311 e. The van der Waals surface area contributed by atoms with Crippen LogP contribution >= 0.6 is 0 Å². The summed E-state index contributed by atoms with van der Waals surface area (Å²) < 4.78 is 83.4. The number of rotatable bonds is 38. The van der Waals surface area contributed by atoms with Crippen molar-refractivity contribution in [2.45, 2.75) is 149 Å². The first kappa shape index (κ1) is 92.2. The monoisotopic (exact) mass is 1690 g/mol. The molecular weight excluding hydrogens is 1570 g/mol. The van der Waals surface area contributed by atoms with Crippen LogP contribution in [0.4, 0.5) is 11.4 Å². The average Bonchev–Trinajstić information content (AvgIpc) is 0.746. The molecule has 2 fully saturated rings. The Morgan fingerprint density at radius 2 is 0.967 bits per heavy atom. The minimum absolute atomic E-state index is 0. The largest absolute Gasteiger partial charge is 0.497 e. The molecule has 23 heteroatoms. The fourth-order valence-corrected chi connectivity index (χ4v) is 28.9. The van der Waals surface area contributed by atoms with Gasteiger partial charge in [-0.05, 0) is 172 Å². The smallest absolute Gasteiger partial charge is 0.311 e. The molecule has 0 radical (unpaired) electrons. The summed E-state index contributed by atoms with van der Waals surface area (Å²) in [6, 6.07) is 62.4. The molecule has 0 amide bonds. The molecule has 4 heterocycles. The fourth-order valence-electron chi connectivity index (χ4n) is 15.8. The van der Waals surface area contributed by atoms with Gasteiger partial charge in [0.05, 0.1) is 66.3 Å². The minimum Gasteiger partial charge on any atom is -0.497 e. The van der Waals surface area contributed by atoms with Gasteiger partial charge in [0.15, 0.2) is 27.8 Å². The molecule has 9 aromatic carbocycles. The Morgan fingerprint density at radius 1 is 0.458 bits per heavy atom. The van der Waals surface area contributed by atoms with E-state index in [9.17, 15) is 19.2 Å². The lowest BCUT2D eigenvalue weighted by atomic mass is 9.81. The van der Waals surface area contributed by atoms with E-state index in [0.717, 1.165) is 135 Å². The van der Waals surface area contributed by atoms with E-state index >= 15 is 0 Å². The molecule has 4 aliphatic rings. The van der Waals surface area contributed by atoms with Gasteiger partial charge in [-0.15, -0.1) is 0 Å². The normalized spacial score (nSPS) is 16.1. The van der Waals surface area contributed by atoms with E-state index in [2.05, 4.69) is 166 Å². The van der Waals surface area contributed by atoms with Crippen LogP contribution in [0.2, 0.25) is 51.9 Å². The Bertz CT molecular complexity index is 4890. The lowest BCUT2D eigenvalue weighted by Crippen LogP contribution is -2.51. The molecule has 2 atom stereocenters. The summed E-state index contributed by atoms with van der Waals surface area (Å²) >= 11 is 0. The number of esters is 4. The Kier molecular flexibility index (Phi) is 33.4. The Hall–Kier alpha value is -10.1. The maximum absolute atomic E-state index is 13.5. The number of unbranched alkanes of at least 4 members (excludes halogenated alkanes) is 1. The minimum atomic E-state index is -2.20. The lowest BCUT2D eigenvalue weighted by Gasteiger charge is -2.38. The number of methoxy groups -OCH3 is 2. The standard InChI is InChI=1S/C54H69NO10Si3.C41H45NO8.2CH4/c1-58-44-24-18-40(19-25-44)52-46-27-26-45(59-2)38-48(46)53-47(30-31-54(63-53,41-16-11-10-12-17-41)42-20-22-43(23-21-42)55-32-13-14-33-55)49(52)39-62-51(57)29-28-50(56)61-36-35-60-34-15-37-67(6,7)65-68(8,9)64-66(3,4)5;1-2-3-23-45-26-27-48-39(43)17-18-40(44)49-29-28-47-33-15-13-32(14-16-33)41(31-9-5-4-6-10-31)20-19-36-34-11-7-8-12-35(34)37(30-38(36)50-41)42-21-24-46-25-22-42;;/h10-12,16-27,30-31,38H,13-15,28-29,32-37,39H2,1-9H3;4-16,19-20,30H,2-3,17-18,21-29H2,1H3;2*1H4. The second-order valence-corrected chi connectivity index (χ2v) is 44.5. The molecule has 2 saturated heterocycles. The van der Waals surface area contributed by atoms with E-state index in [1.807, 2.05) is 103 Å². The number of hydrogen-bond donors (Lipinski definition) is 0. The molecule has 0 N–H and O–H groups in total. The molecule has 0 spiro atoms. The lowest BCUT2D eigenvalue weighted by molar-refractivity contribution is -0.151. The first-order valence-electron chi connectivity index (χ1n) is 41.4. The van der Waals surface area contributed by atoms with Gasteiger partial charge in [0.1, 0.15) is 61.8 Å². The zero-order valence-electron chi connectivity index (χ0n) is 70.1. The van der Waals surface area contributed by atoms with Crippen LogP contribution in [-0.4, -0.2) is 156 Å². The quantitative estimate of drug-likeness (QED) is 0.0153. The summed E-state index contributed by atoms with van der Waals surface area (Å²) in [5.74, 6) is 1.57. The van der Waals surface area contributed by atoms with Crippen molar-refractivity contribution in [2.75, 3.05) is 116 Å². The molecule has 4 aliphatic heterocycles. The zero-order valence-corrected chi connectivity index (χ0v) is 73.1. The van der Waals surface area contributed by atoms with Crippen LogP contribution in [0, 0.1) is 0 Å². The van der Waals surface area contributed by atoms with Gasteiger partial charge in [0.2, 0.25) is 0 Å². The van der Waals surface area contributed by atoms with E-state index in [1.54, 1.807) is 14.2 Å². The van der Waals surface area contributed by atoms with Crippen LogP contribution in [0.25, 0.3) is 44.8 Å². The highest BCUT2D eigenvalue weighted by Gasteiger charge is 2.42. The molecule has 0 aromatic heterocycles. The summed E-state index contributed by atoms with van der Waals surface area (Å²) in [6.07, 6.45) is 13.4. The average molecular weight is 1690 g/mol. The third-order valence-corrected chi connectivity index (χ3v) is 31.3. The number of ether oxygens (including phenoxy) is 12. The number of anilines is 2. The predicted octanol–water partition coefficient (Wildman–Crippen LogP) is 20.4. The van der Waals surface area contributed by atoms with Crippen molar-refractivity contribution in [1.82, 2.24) is 0 Å². The van der Waals surface area contributed by atoms with Crippen LogP contribution in [-0.2, 0) is 78.4 Å². The number of carbonyl (C=O) groups excluding carboxylic acids is 4. The second-order valence-electron chi connectivity index (χ2n) is 31.9. The summed E-state index contributed by atoms with van der Waals surface area (Å²) in [5, 5.41) is 4.09. The molecule has 2 unspecified atom stereocenters. The highest BCUT2D eigenvalue weighted by atomic mass is 28.5. The van der Waals surface area contributed by atoms with E-state index in [-0.39, 0.29) is 80.2 Å². The summed E-state index contributed by atoms with van der Waals surface area (Å²) in [4.78, 5) is 55.1. The van der Waals surface area contributed by atoms with Crippen molar-refractivity contribution >= 4 is 94.1 Å². The highest BCUT2D eigenvalue weighted by Crippen LogP contribution is 2.52. The molecule has 13 rings (SSSR count). The van der Waals surface area contributed by atoms with Crippen molar-refractivity contribution in [2.24, 2.45) is 0 Å². The Morgan fingerprint density at radius 3 is 1.54 bits per heavy atom. The van der Waals surface area contributed by atoms with Crippen LogP contribution < -0.4 is 33.5 Å². The Balaban J connectivity index is 0.000000259. The van der Waals surface area contributed by atoms with Gasteiger partial charge in [0.25, 0.3) is 0 Å². The number of fused-ring (bicyclic) bond motifs is 6. The first-order valence-corrected chi connectivity index (χ1v) is 50.8. The third-order valence-electron chi connectivity index (χ3n) is 21.2. The van der Waals surface area contributed by atoms with Gasteiger partial charge in [-0.2, -0.15) is 0 Å². The molecule has 0 bridgehead atoms. The first-order chi connectivity index (χ1) is 57.1. The summed E-state index contributed by atoms with van der Waals surface area (Å²) in [5.41, 5.74) is 8.80. The topological polar surface area (TPSA) is 204 Å². The SMILES string of the molecule is C.C.CCCCOCCOC(=O)CCC(=O)OCCOc1ccc(C2(c3ccccc3)C=Cc3c(cc(N4CCOCC4)c4ccccc34)O2)cc1.COc1ccc(-c2c(COC(=O)CCC(=O)OCCOCCC[Si](C)(C)O[Si](C)(C)O[Si](C)(C)C)c3c(c4cc(OC)ccc24)OC(c2ccccc2)(c2ccc(N4CCCC4)cc2)C=C3)cc1. The van der Waals surface area contributed by atoms with E-state index in [4.69, 9.17) is 65.1 Å². The van der Waals surface area contributed by atoms with Gasteiger partial charge in [-0.25, -0.2) is 0 Å². The third kappa shape index (κ3) is 24.2. The summed E-state index contributed by atoms with van der Waals surface area (Å²) in [7, 11) is -2.53. The van der Waals surface area contributed by atoms with Gasteiger partial charge in [0, 0.05) is 107 Å². The zero-order chi connectivity index (χ0) is 83.1. The van der Waals surface area contributed by atoms with Crippen LogP contribution in [0.5, 0.6) is 28.7 Å². The second kappa shape index (κ2) is 43.4. The predicted molar refractivity (Wildman–Crippen MR) is 484 cm³/mol. The van der Waals surface area contributed by atoms with Crippen LogP contribution in [0.1, 0.15) is 119 Å². The van der Waals surface area contributed by atoms with Gasteiger partial charge >= 0.3 is 32.4 Å². The molecule has 0 saturated carbocycles. The van der Waals surface area contributed by atoms with Gasteiger partial charge in [-0.1, -0.05) is 156 Å². The fraction of sp³-hybridized carbons (Fsp3) is 0.402. The van der Waals surface area contributed by atoms with Gasteiger partial charge < -0.3 is 74.9 Å². The van der Waals surface area contributed by atoms with Crippen molar-refractivity contribution in [3.8, 4) is 39.9 Å². The van der Waals surface area contributed by atoms with Crippen LogP contribution in [0.15, 0.2) is 194 Å². The molecule has 640 valence electrons. The van der Waals surface area contributed by atoms with E-state index in [0.29, 0.717) is 50.3 Å². The number of hydrogen-bond acceptors (Lipinski definition) is 20. The highest BCUT2D eigenvalue weighted by molar-refractivity contribution is 6.87. The summed E-state index contributed by atoms with van der Waals surface area (Å²) in [6.45, 7) is 24.8. The Labute approximate surface area is 712 Å². The molecule has 120 heavy (non-hydrogen) atoms. The molecule has 9 aromatic rings. The number of nitrogens with zero attached hydrogens (tertiary/aromatic N) is 2. The van der Waals surface area contributed by atoms with E-state index < -0.39 is 60.3 Å². The van der Waals surface area contributed by atoms with Gasteiger partial charge in [-0.3, -0.25) is 19.2 Å². The van der Waals surface area contributed by atoms with Crippen LogP contribution in [0.3, 0.4) is 0 Å². The molecular formula is C97H122N2O18Si3. The number of morpholine rings is 1. The molecule has 20 nitrogen and oxygen atoms in total. The van der Waals surface area contributed by atoms with Crippen molar-refractivity contribution in [3.63, 3.8) is 0 Å². The van der Waals surface area contributed by atoms with E-state index in [1.165, 1.54) is 23.9 Å². The number of benzene rings is 9. The van der Waals surface area contributed by atoms with Crippen molar-refractivity contribution in [1.29, 1.82) is 0 Å². The maximum atomic E-state index is 13.5.